The van der Waals surface area contributed by atoms with E-state index in [-0.39, 0.29) is 5.76 Å². The van der Waals surface area contributed by atoms with Crippen molar-refractivity contribution < 1.29 is 14.1 Å². The Hall–Kier alpha value is -2.10. The number of aromatic nitrogens is 1. The van der Waals surface area contributed by atoms with Crippen molar-refractivity contribution in [2.24, 2.45) is 0 Å². The van der Waals surface area contributed by atoms with Crippen LogP contribution in [0.2, 0.25) is 0 Å². The summed E-state index contributed by atoms with van der Waals surface area (Å²) in [5.74, 6) is -0.205. The Morgan fingerprint density at radius 1 is 1.25 bits per heavy atom. The fourth-order valence-electron chi connectivity index (χ4n) is 2.10. The number of carbonyl (C=O) groups is 1. The van der Waals surface area contributed by atoms with Gasteiger partial charge in [0.15, 0.2) is 0 Å². The Balaban J connectivity index is 2.24. The molecule has 0 aliphatic carbocycles. The van der Waals surface area contributed by atoms with Crippen LogP contribution in [-0.2, 0) is 17.6 Å². The van der Waals surface area contributed by atoms with E-state index in [0.717, 1.165) is 16.8 Å². The first-order chi connectivity index (χ1) is 9.65. The van der Waals surface area contributed by atoms with Gasteiger partial charge in [0.05, 0.1) is 12.3 Å². The molecule has 0 fully saturated rings. The first-order valence-electron chi connectivity index (χ1n) is 6.85. The molecule has 106 valence electrons. The maximum absolute atomic E-state index is 11.8. The molecule has 0 aliphatic rings. The van der Waals surface area contributed by atoms with Crippen LogP contribution in [0.4, 0.5) is 0 Å². The lowest BCUT2D eigenvalue weighted by molar-refractivity contribution is 0.0478. The van der Waals surface area contributed by atoms with Gasteiger partial charge in [0.1, 0.15) is 0 Å². The molecule has 0 atom stereocenters. The second-order valence-corrected chi connectivity index (χ2v) is 4.67. The summed E-state index contributed by atoms with van der Waals surface area (Å²) in [4.78, 5) is 11.8. The highest BCUT2D eigenvalue weighted by Crippen LogP contribution is 2.19. The van der Waals surface area contributed by atoms with Gasteiger partial charge in [0.25, 0.3) is 0 Å². The molecule has 4 heteroatoms. The maximum Gasteiger partial charge on any atom is 0.377 e. The molecule has 1 aromatic heterocycles. The van der Waals surface area contributed by atoms with E-state index in [2.05, 4.69) is 36.3 Å². The van der Waals surface area contributed by atoms with Gasteiger partial charge < -0.3 is 9.26 Å². The molecule has 1 aromatic carbocycles. The average Bonchev–Trinajstić information content (AvgIpc) is 2.84. The summed E-state index contributed by atoms with van der Waals surface area (Å²) in [5.41, 5.74) is 4.01. The lowest BCUT2D eigenvalue weighted by atomic mass is 10.0. The first-order valence-corrected chi connectivity index (χ1v) is 6.85. The van der Waals surface area contributed by atoms with E-state index in [9.17, 15) is 4.79 Å². The molecule has 0 saturated heterocycles. The van der Waals surface area contributed by atoms with Crippen LogP contribution in [0.5, 0.6) is 0 Å². The van der Waals surface area contributed by atoms with Crippen LogP contribution in [0.3, 0.4) is 0 Å². The average molecular weight is 273 g/mol. The molecule has 0 aliphatic heterocycles. The molecule has 0 spiro atoms. The third kappa shape index (κ3) is 3.07. The van der Waals surface area contributed by atoms with Crippen LogP contribution in [0.15, 0.2) is 28.8 Å². The minimum Gasteiger partial charge on any atom is -0.460 e. The zero-order valence-electron chi connectivity index (χ0n) is 12.1. The van der Waals surface area contributed by atoms with Gasteiger partial charge >= 0.3 is 5.97 Å². The summed E-state index contributed by atoms with van der Waals surface area (Å²) in [6, 6.07) is 8.25. The van der Waals surface area contributed by atoms with Crippen LogP contribution in [-0.4, -0.2) is 17.7 Å². The summed E-state index contributed by atoms with van der Waals surface area (Å²) in [6.45, 7) is 6.13. The van der Waals surface area contributed by atoms with Crippen LogP contribution >= 0.6 is 0 Å². The van der Waals surface area contributed by atoms with Gasteiger partial charge in [-0.25, -0.2) is 4.79 Å². The van der Waals surface area contributed by atoms with Crippen molar-refractivity contribution in [3.8, 4) is 0 Å². The van der Waals surface area contributed by atoms with Gasteiger partial charge in [-0.15, -0.1) is 0 Å². The molecular formula is C16H19NO3. The van der Waals surface area contributed by atoms with Gasteiger partial charge in [-0.1, -0.05) is 41.9 Å². The monoisotopic (exact) mass is 273 g/mol. The van der Waals surface area contributed by atoms with Gasteiger partial charge in [0, 0.05) is 12.0 Å². The van der Waals surface area contributed by atoms with Crippen molar-refractivity contribution in [2.75, 3.05) is 6.61 Å². The quantitative estimate of drug-likeness (QED) is 0.784. The molecule has 2 aromatic rings. The largest absolute Gasteiger partial charge is 0.460 e. The van der Waals surface area contributed by atoms with Gasteiger partial charge in [-0.2, -0.15) is 0 Å². The lowest BCUT2D eigenvalue weighted by Crippen LogP contribution is -2.06. The van der Waals surface area contributed by atoms with Crippen molar-refractivity contribution in [3.05, 3.63) is 52.4 Å². The molecule has 0 amide bonds. The molecule has 0 bridgehead atoms. The Kier molecular flexibility index (Phi) is 4.56. The van der Waals surface area contributed by atoms with E-state index in [4.69, 9.17) is 9.26 Å². The van der Waals surface area contributed by atoms with Gasteiger partial charge in [-0.3, -0.25) is 0 Å². The SMILES string of the molecule is CCOC(=O)c1onc(Cc2ccc(C)cc2)c1CC. The Morgan fingerprint density at radius 3 is 2.55 bits per heavy atom. The lowest BCUT2D eigenvalue weighted by Gasteiger charge is -2.02. The highest BCUT2D eigenvalue weighted by atomic mass is 16.6. The van der Waals surface area contributed by atoms with Crippen molar-refractivity contribution in [1.82, 2.24) is 5.16 Å². The highest BCUT2D eigenvalue weighted by molar-refractivity contribution is 5.88. The fourth-order valence-corrected chi connectivity index (χ4v) is 2.10. The zero-order valence-corrected chi connectivity index (χ0v) is 12.1. The number of benzene rings is 1. The molecule has 0 N–H and O–H groups in total. The summed E-state index contributed by atoms with van der Waals surface area (Å²) in [6.07, 6.45) is 1.35. The number of rotatable bonds is 5. The predicted octanol–water partition coefficient (Wildman–Crippen LogP) is 3.31. The smallest absolute Gasteiger partial charge is 0.377 e. The normalized spacial score (nSPS) is 10.6. The Morgan fingerprint density at radius 2 is 1.95 bits per heavy atom. The van der Waals surface area contributed by atoms with E-state index >= 15 is 0 Å². The topological polar surface area (TPSA) is 52.3 Å². The van der Waals surface area contributed by atoms with Crippen LogP contribution < -0.4 is 0 Å². The van der Waals surface area contributed by atoms with Crippen LogP contribution in [0.1, 0.15) is 46.8 Å². The number of nitrogens with zero attached hydrogens (tertiary/aromatic N) is 1. The van der Waals surface area contributed by atoms with Crippen molar-refractivity contribution in [3.63, 3.8) is 0 Å². The van der Waals surface area contributed by atoms with Gasteiger partial charge in [-0.05, 0) is 25.8 Å². The minimum atomic E-state index is -0.438. The van der Waals surface area contributed by atoms with Crippen molar-refractivity contribution >= 4 is 5.97 Å². The number of hydrogen-bond donors (Lipinski definition) is 0. The summed E-state index contributed by atoms with van der Waals surface area (Å²) in [5, 5.41) is 4.03. The van der Waals surface area contributed by atoms with Gasteiger partial charge in [0.2, 0.25) is 5.76 Å². The molecular weight excluding hydrogens is 254 g/mol. The van der Waals surface area contributed by atoms with E-state index in [0.29, 0.717) is 19.4 Å². The number of hydrogen-bond acceptors (Lipinski definition) is 4. The van der Waals surface area contributed by atoms with Crippen LogP contribution in [0.25, 0.3) is 0 Å². The van der Waals surface area contributed by atoms with E-state index in [1.807, 2.05) is 6.92 Å². The fraction of sp³-hybridized carbons (Fsp3) is 0.375. The predicted molar refractivity (Wildman–Crippen MR) is 75.8 cm³/mol. The maximum atomic E-state index is 11.8. The van der Waals surface area contributed by atoms with E-state index in [1.54, 1.807) is 6.92 Å². The third-order valence-corrected chi connectivity index (χ3v) is 3.18. The molecule has 0 saturated carbocycles. The van der Waals surface area contributed by atoms with Crippen molar-refractivity contribution in [1.29, 1.82) is 0 Å². The number of esters is 1. The summed E-state index contributed by atoms with van der Waals surface area (Å²) < 4.78 is 10.1. The summed E-state index contributed by atoms with van der Waals surface area (Å²) in [7, 11) is 0. The highest BCUT2D eigenvalue weighted by Gasteiger charge is 2.21. The van der Waals surface area contributed by atoms with Crippen LogP contribution in [0, 0.1) is 6.92 Å². The molecule has 20 heavy (non-hydrogen) atoms. The second-order valence-electron chi connectivity index (χ2n) is 4.67. The molecule has 4 nitrogen and oxygen atoms in total. The Labute approximate surface area is 118 Å². The number of carbonyl (C=O) groups excluding carboxylic acids is 1. The second kappa shape index (κ2) is 6.37. The molecule has 0 unspecified atom stereocenters. The standard InChI is InChI=1S/C16H19NO3/c1-4-13-14(10-12-8-6-11(3)7-9-12)17-20-15(13)16(18)19-5-2/h6-9H,4-5,10H2,1-3H3. The van der Waals surface area contributed by atoms with E-state index < -0.39 is 5.97 Å². The molecule has 2 rings (SSSR count). The molecule has 0 radical (unpaired) electrons. The summed E-state index contributed by atoms with van der Waals surface area (Å²) >= 11 is 0. The molecule has 1 heterocycles. The van der Waals surface area contributed by atoms with Crippen molar-refractivity contribution in [2.45, 2.75) is 33.6 Å². The first kappa shape index (κ1) is 14.3. The number of ether oxygens (including phenoxy) is 1. The zero-order chi connectivity index (χ0) is 14.5. The van der Waals surface area contributed by atoms with E-state index in [1.165, 1.54) is 5.56 Å². The number of aryl methyl sites for hydroxylation is 1. The Bertz CT molecular complexity index is 584. The minimum absolute atomic E-state index is 0.233. The third-order valence-electron chi connectivity index (χ3n) is 3.18.